The van der Waals surface area contributed by atoms with E-state index in [4.69, 9.17) is 12.2 Å². The topological polar surface area (TPSA) is 83.0 Å². The van der Waals surface area contributed by atoms with Crippen LogP contribution in [0, 0.1) is 10.7 Å². The molecule has 2 aromatic rings. The molecule has 2 unspecified atom stereocenters. The van der Waals surface area contributed by atoms with Crippen molar-refractivity contribution < 1.29 is 9.59 Å². The van der Waals surface area contributed by atoms with Crippen molar-refractivity contribution in [2.24, 2.45) is 13.0 Å². The molecule has 156 valence electrons. The monoisotopic (exact) mass is 415 g/mol. The molecule has 0 spiro atoms. The van der Waals surface area contributed by atoms with Crippen LogP contribution in [0.15, 0.2) is 30.3 Å². The lowest BCUT2D eigenvalue weighted by Gasteiger charge is -2.35. The molecular formula is C21H29N5O2S. The number of rotatable bonds is 6. The van der Waals surface area contributed by atoms with Gasteiger partial charge in [-0.1, -0.05) is 44.2 Å². The molecular weight excluding hydrogens is 386 g/mol. The maximum Gasteiger partial charge on any atom is 0.249 e. The highest BCUT2D eigenvalue weighted by molar-refractivity contribution is 7.71. The maximum absolute atomic E-state index is 13.4. The first-order valence-corrected chi connectivity index (χ1v) is 10.5. The van der Waals surface area contributed by atoms with Crippen LogP contribution in [0.4, 0.5) is 0 Å². The summed E-state index contributed by atoms with van der Waals surface area (Å²) in [5.74, 6) is 1.04. The number of amides is 2. The number of H-pyrrole nitrogens is 1. The van der Waals surface area contributed by atoms with E-state index in [0.717, 1.165) is 24.2 Å². The van der Waals surface area contributed by atoms with Gasteiger partial charge in [-0.15, -0.1) is 0 Å². The second-order valence-corrected chi connectivity index (χ2v) is 8.47. The number of carbonyl (C=O) groups excluding carboxylic acids is 2. The summed E-state index contributed by atoms with van der Waals surface area (Å²) < 4.78 is 2.44. The Morgan fingerprint density at radius 1 is 1.31 bits per heavy atom. The van der Waals surface area contributed by atoms with E-state index in [1.807, 2.05) is 60.7 Å². The summed E-state index contributed by atoms with van der Waals surface area (Å²) in [4.78, 5) is 27.7. The average molecular weight is 416 g/mol. The number of benzene rings is 1. The van der Waals surface area contributed by atoms with Crippen LogP contribution in [0.2, 0.25) is 0 Å². The highest BCUT2D eigenvalue weighted by Gasteiger charge is 2.32. The molecule has 29 heavy (non-hydrogen) atoms. The summed E-state index contributed by atoms with van der Waals surface area (Å²) in [5.41, 5.74) is 0.801. The summed E-state index contributed by atoms with van der Waals surface area (Å²) >= 11 is 5.23. The molecule has 0 saturated carbocycles. The molecule has 0 bridgehead atoms. The van der Waals surface area contributed by atoms with E-state index in [1.165, 1.54) is 0 Å². The van der Waals surface area contributed by atoms with Gasteiger partial charge in [-0.05, 0) is 36.5 Å². The third-order valence-corrected chi connectivity index (χ3v) is 5.66. The smallest absolute Gasteiger partial charge is 0.249 e. The number of nitrogens with one attached hydrogen (secondary N) is 2. The lowest BCUT2D eigenvalue weighted by Crippen LogP contribution is -2.46. The van der Waals surface area contributed by atoms with Gasteiger partial charge in [0.05, 0.1) is 0 Å². The molecule has 1 aromatic heterocycles. The van der Waals surface area contributed by atoms with Crippen molar-refractivity contribution in [3.05, 3.63) is 46.5 Å². The van der Waals surface area contributed by atoms with Crippen molar-refractivity contribution in [2.45, 2.75) is 45.1 Å². The quantitative estimate of drug-likeness (QED) is 0.710. The molecule has 1 aliphatic rings. The van der Waals surface area contributed by atoms with Crippen LogP contribution in [-0.4, -0.2) is 44.6 Å². The van der Waals surface area contributed by atoms with Crippen molar-refractivity contribution >= 4 is 24.0 Å². The van der Waals surface area contributed by atoms with Crippen molar-refractivity contribution in [3.63, 3.8) is 0 Å². The molecule has 2 amide bonds. The Hall–Kier alpha value is -2.48. The van der Waals surface area contributed by atoms with E-state index in [2.05, 4.69) is 15.5 Å². The highest BCUT2D eigenvalue weighted by Crippen LogP contribution is 2.27. The van der Waals surface area contributed by atoms with Gasteiger partial charge in [0, 0.05) is 32.5 Å². The Morgan fingerprint density at radius 3 is 2.66 bits per heavy atom. The molecule has 1 fully saturated rings. The van der Waals surface area contributed by atoms with E-state index < -0.39 is 6.04 Å². The van der Waals surface area contributed by atoms with E-state index >= 15 is 0 Å². The fourth-order valence-electron chi connectivity index (χ4n) is 3.82. The van der Waals surface area contributed by atoms with E-state index in [1.54, 1.807) is 0 Å². The fraction of sp³-hybridized carbons (Fsp3) is 0.524. The first-order chi connectivity index (χ1) is 13.9. The summed E-state index contributed by atoms with van der Waals surface area (Å²) in [6.45, 7) is 5.22. The minimum Gasteiger partial charge on any atom is -0.341 e. The Labute approximate surface area is 176 Å². The summed E-state index contributed by atoms with van der Waals surface area (Å²) in [6, 6.07) is 8.77. The second-order valence-electron chi connectivity index (χ2n) is 8.08. The van der Waals surface area contributed by atoms with Gasteiger partial charge < -0.3 is 14.8 Å². The Kier molecular flexibility index (Phi) is 6.84. The zero-order chi connectivity index (χ0) is 21.0. The minimum absolute atomic E-state index is 0.0743. The molecule has 1 aromatic carbocycles. The molecule has 3 rings (SSSR count). The van der Waals surface area contributed by atoms with E-state index in [-0.39, 0.29) is 23.7 Å². The van der Waals surface area contributed by atoms with E-state index in [0.29, 0.717) is 24.3 Å². The molecule has 0 radical (unpaired) electrons. The van der Waals surface area contributed by atoms with Gasteiger partial charge in [0.25, 0.3) is 0 Å². The fourth-order valence-corrected chi connectivity index (χ4v) is 3.96. The lowest BCUT2D eigenvalue weighted by molar-refractivity contribution is -0.138. The van der Waals surface area contributed by atoms with Crippen molar-refractivity contribution in [1.29, 1.82) is 0 Å². The van der Waals surface area contributed by atoms with Crippen LogP contribution >= 0.6 is 12.2 Å². The third-order valence-electron chi connectivity index (χ3n) is 5.29. The molecule has 2 N–H and O–H groups in total. The number of carbonyl (C=O) groups is 2. The zero-order valence-electron chi connectivity index (χ0n) is 17.2. The van der Waals surface area contributed by atoms with Crippen molar-refractivity contribution in [3.8, 4) is 0 Å². The number of piperidine rings is 1. The minimum atomic E-state index is -0.677. The molecule has 2 atom stereocenters. The van der Waals surface area contributed by atoms with Crippen LogP contribution < -0.4 is 5.32 Å². The molecule has 7 nitrogen and oxygen atoms in total. The Balaban J connectivity index is 1.80. The SMILES string of the molecule is CC(C)CC(=O)NC(C(=O)N1CCCC(c2n[nH]c(=S)n2C)C1)c1ccccc1. The average Bonchev–Trinajstić information content (AvgIpc) is 3.04. The highest BCUT2D eigenvalue weighted by atomic mass is 32.1. The van der Waals surface area contributed by atoms with Crippen LogP contribution in [0.3, 0.4) is 0 Å². The van der Waals surface area contributed by atoms with Gasteiger partial charge in [0.15, 0.2) is 4.77 Å². The second kappa shape index (κ2) is 9.35. The van der Waals surface area contributed by atoms with Crippen LogP contribution in [0.5, 0.6) is 0 Å². The number of aromatic amines is 1. The zero-order valence-corrected chi connectivity index (χ0v) is 18.0. The summed E-state index contributed by atoms with van der Waals surface area (Å²) in [6.07, 6.45) is 2.23. The predicted molar refractivity (Wildman–Crippen MR) is 114 cm³/mol. The Bertz CT molecular complexity index is 905. The molecule has 2 heterocycles. The Morgan fingerprint density at radius 2 is 2.03 bits per heavy atom. The maximum atomic E-state index is 13.4. The first-order valence-electron chi connectivity index (χ1n) is 10.1. The number of hydrogen-bond donors (Lipinski definition) is 2. The normalized spacial score (nSPS) is 17.9. The van der Waals surface area contributed by atoms with Gasteiger partial charge in [0.1, 0.15) is 11.9 Å². The van der Waals surface area contributed by atoms with Crippen molar-refractivity contribution in [1.82, 2.24) is 25.0 Å². The van der Waals surface area contributed by atoms with E-state index in [9.17, 15) is 9.59 Å². The van der Waals surface area contributed by atoms with Crippen LogP contribution in [-0.2, 0) is 16.6 Å². The van der Waals surface area contributed by atoms with Gasteiger partial charge in [0.2, 0.25) is 11.8 Å². The molecule has 1 saturated heterocycles. The third kappa shape index (κ3) is 5.12. The number of nitrogens with zero attached hydrogens (tertiary/aromatic N) is 3. The standard InChI is InChI=1S/C21H29N5O2S/c1-14(2)12-17(27)22-18(15-8-5-4-6-9-15)20(28)26-11-7-10-16(13-26)19-23-24-21(29)25(19)3/h4-6,8-9,14,16,18H,7,10-13H2,1-3H3,(H,22,27)(H,24,29). The van der Waals surface area contributed by atoms with Gasteiger partial charge in [-0.3, -0.25) is 14.7 Å². The molecule has 1 aliphatic heterocycles. The lowest BCUT2D eigenvalue weighted by atomic mass is 9.95. The number of hydrogen-bond acceptors (Lipinski definition) is 4. The van der Waals surface area contributed by atoms with Gasteiger partial charge in [-0.25, -0.2) is 0 Å². The van der Waals surface area contributed by atoms with Crippen LogP contribution in [0.1, 0.15) is 56.5 Å². The molecule has 8 heteroatoms. The first kappa shape index (κ1) is 21.2. The summed E-state index contributed by atoms with van der Waals surface area (Å²) in [5, 5.41) is 10.1. The van der Waals surface area contributed by atoms with Crippen LogP contribution in [0.25, 0.3) is 0 Å². The van der Waals surface area contributed by atoms with Crippen molar-refractivity contribution in [2.75, 3.05) is 13.1 Å². The molecule has 0 aliphatic carbocycles. The van der Waals surface area contributed by atoms with Gasteiger partial charge >= 0.3 is 0 Å². The van der Waals surface area contributed by atoms with Gasteiger partial charge in [-0.2, -0.15) is 5.10 Å². The predicted octanol–water partition coefficient (Wildman–Crippen LogP) is 3.09. The largest absolute Gasteiger partial charge is 0.341 e. The number of likely N-dealkylation sites (tertiary alicyclic amines) is 1. The number of aromatic nitrogens is 3. The summed E-state index contributed by atoms with van der Waals surface area (Å²) in [7, 11) is 1.89.